The molecular weight excluding hydrogens is 1660 g/mol. The molecule has 0 spiro atoms. The van der Waals surface area contributed by atoms with Crippen molar-refractivity contribution in [1.29, 1.82) is 0 Å². The van der Waals surface area contributed by atoms with Crippen LogP contribution in [-0.2, 0) is 75.8 Å². The van der Waals surface area contributed by atoms with Gasteiger partial charge in [-0.25, -0.2) is 0 Å². The molecule has 0 N–H and O–H groups in total. The molecule has 0 aliphatic carbocycles. The number of benzene rings is 13. The largest absolute Gasteiger partial charge is 0.310 e. The first-order valence-electron chi connectivity index (χ1n) is 51.6. The Bertz CT molecular complexity index is 6970. The highest BCUT2D eigenvalue weighted by molar-refractivity contribution is 7.00. The highest BCUT2D eigenvalue weighted by atomic mass is 15.2. The number of hydrogen-bond acceptors (Lipinski definition) is 2. The van der Waals surface area contributed by atoms with Gasteiger partial charge in [0.05, 0.1) is 22.4 Å². The standard InChI is InChI=1S/C134H164BN3/c1-121(2,3)88-48-43-81(44-49-88)102-76-99(132(34,35)36)78-104(87-65-97(130(28,29)30)72-98(66-87)131(31,32)33)119(102)138-115-80-101(136-112-59-53-91(124(10,11)12)74-106(112)107-75-92(125(13,14)15)54-60-113(107)136)55-58-111(115)135-110-57-47-83(84-61-93(126(16,17)18)70-94(62-84)127(19,20)21)67-114(110)137(116-68-86(69-117(138)118(116)135)85-63-95(128(22,23)24)71-96(64-85)129(25,26)27)120-103(82-45-50-89(51-46-82)122(4,5)6)77-100(133(37,38)39)79-108(120)105-73-90(123(7,8)9)52-56-109(105)134(40,41)42/h43-80H,1-42H3. The maximum absolute atomic E-state index is 2.88. The van der Waals surface area contributed by atoms with Crippen LogP contribution >= 0.6 is 0 Å². The zero-order chi connectivity index (χ0) is 101. The Hall–Kier alpha value is -10.7. The van der Waals surface area contributed by atoms with Crippen LogP contribution in [0.3, 0.4) is 0 Å². The first kappa shape index (κ1) is 100. The van der Waals surface area contributed by atoms with Crippen molar-refractivity contribution >= 4 is 79.0 Å². The van der Waals surface area contributed by atoms with E-state index in [0.717, 1.165) is 45.4 Å². The molecule has 3 nitrogen and oxygen atoms in total. The summed E-state index contributed by atoms with van der Waals surface area (Å²) >= 11 is 0. The number of aromatic nitrogens is 1. The lowest BCUT2D eigenvalue weighted by atomic mass is 9.33. The van der Waals surface area contributed by atoms with Gasteiger partial charge in [0.25, 0.3) is 6.71 Å². The smallest absolute Gasteiger partial charge is 0.252 e. The lowest BCUT2D eigenvalue weighted by molar-refractivity contribution is 0.568. The number of rotatable bonds is 9. The molecule has 0 bridgehead atoms. The van der Waals surface area contributed by atoms with Crippen molar-refractivity contribution < 1.29 is 0 Å². The molecule has 0 saturated carbocycles. The molecule has 718 valence electrons. The normalized spacial score (nSPS) is 14.1. The van der Waals surface area contributed by atoms with Gasteiger partial charge in [0.2, 0.25) is 0 Å². The van der Waals surface area contributed by atoms with Gasteiger partial charge in [0.1, 0.15) is 0 Å². The van der Waals surface area contributed by atoms with Crippen LogP contribution in [0.2, 0.25) is 0 Å². The molecule has 13 aromatic carbocycles. The summed E-state index contributed by atoms with van der Waals surface area (Å²) in [5.41, 5.74) is 44.0. The zero-order valence-electron chi connectivity index (χ0n) is 92.9. The summed E-state index contributed by atoms with van der Waals surface area (Å²) in [6, 6.07) is 96.3. The van der Waals surface area contributed by atoms with E-state index in [1.54, 1.807) is 0 Å². The van der Waals surface area contributed by atoms with Gasteiger partial charge in [-0.1, -0.05) is 442 Å². The first-order chi connectivity index (χ1) is 63.2. The summed E-state index contributed by atoms with van der Waals surface area (Å²) < 4.78 is 2.63. The Morgan fingerprint density at radius 1 is 0.174 bits per heavy atom. The molecule has 0 atom stereocenters. The van der Waals surface area contributed by atoms with Gasteiger partial charge >= 0.3 is 0 Å². The van der Waals surface area contributed by atoms with Gasteiger partial charge < -0.3 is 14.4 Å². The van der Waals surface area contributed by atoms with Crippen LogP contribution in [0.25, 0.3) is 94.3 Å². The van der Waals surface area contributed by atoms with Crippen LogP contribution in [0.15, 0.2) is 231 Å². The summed E-state index contributed by atoms with van der Waals surface area (Å²) in [6.07, 6.45) is 0. The van der Waals surface area contributed by atoms with Crippen LogP contribution in [0.1, 0.15) is 369 Å². The molecule has 138 heavy (non-hydrogen) atoms. The molecule has 4 heteroatoms. The fourth-order valence-electron chi connectivity index (χ4n) is 20.8. The van der Waals surface area contributed by atoms with Gasteiger partial charge in [-0.15, -0.1) is 0 Å². The molecular formula is C134H164BN3. The fourth-order valence-corrected chi connectivity index (χ4v) is 20.8. The minimum atomic E-state index is -0.340. The molecule has 16 rings (SSSR count). The van der Waals surface area contributed by atoms with Crippen molar-refractivity contribution in [2.24, 2.45) is 0 Å². The summed E-state index contributed by atoms with van der Waals surface area (Å²) in [7, 11) is 0. The van der Waals surface area contributed by atoms with E-state index in [-0.39, 0.29) is 82.5 Å². The second kappa shape index (κ2) is 33.5. The third kappa shape index (κ3) is 19.1. The highest BCUT2D eigenvalue weighted by Gasteiger charge is 2.48. The van der Waals surface area contributed by atoms with E-state index in [4.69, 9.17) is 0 Å². The van der Waals surface area contributed by atoms with E-state index in [0.29, 0.717) is 0 Å². The Kier molecular flexibility index (Phi) is 24.4. The third-order valence-corrected chi connectivity index (χ3v) is 30.3. The summed E-state index contributed by atoms with van der Waals surface area (Å²) in [5.74, 6) is 0. The maximum atomic E-state index is 2.88. The third-order valence-electron chi connectivity index (χ3n) is 30.3. The minimum Gasteiger partial charge on any atom is -0.310 e. The molecule has 0 saturated heterocycles. The van der Waals surface area contributed by atoms with Crippen molar-refractivity contribution in [2.75, 3.05) is 9.80 Å². The lowest BCUT2D eigenvalue weighted by Crippen LogP contribution is -2.61. The lowest BCUT2D eigenvalue weighted by Gasteiger charge is -2.46. The highest BCUT2D eigenvalue weighted by Crippen LogP contribution is 2.59. The molecule has 2 aliphatic rings. The topological polar surface area (TPSA) is 11.4 Å². The van der Waals surface area contributed by atoms with Crippen molar-refractivity contribution in [3.05, 3.63) is 308 Å². The Balaban J connectivity index is 1.22. The zero-order valence-corrected chi connectivity index (χ0v) is 92.9. The van der Waals surface area contributed by atoms with E-state index in [1.165, 1.54) is 177 Å². The van der Waals surface area contributed by atoms with Crippen molar-refractivity contribution in [3.63, 3.8) is 0 Å². The first-order valence-corrected chi connectivity index (χ1v) is 51.6. The summed E-state index contributed by atoms with van der Waals surface area (Å²) in [4.78, 5) is 5.75. The number of anilines is 6. The van der Waals surface area contributed by atoms with Gasteiger partial charge in [0.15, 0.2) is 0 Å². The van der Waals surface area contributed by atoms with Crippen molar-refractivity contribution in [1.82, 2.24) is 4.57 Å². The van der Waals surface area contributed by atoms with Crippen molar-refractivity contribution in [2.45, 2.75) is 367 Å². The summed E-state index contributed by atoms with van der Waals surface area (Å²) in [5, 5.41) is 2.52. The van der Waals surface area contributed by atoms with Crippen LogP contribution in [0.5, 0.6) is 0 Å². The number of hydrogen-bond donors (Lipinski definition) is 0. The molecule has 0 unspecified atom stereocenters. The molecule has 0 amide bonds. The average Bonchev–Trinajstić information content (AvgIpc) is 0.749. The van der Waals surface area contributed by atoms with Crippen LogP contribution < -0.4 is 26.2 Å². The van der Waals surface area contributed by atoms with E-state index in [9.17, 15) is 0 Å². The second-order valence-corrected chi connectivity index (χ2v) is 56.0. The number of fused-ring (bicyclic) bond motifs is 7. The van der Waals surface area contributed by atoms with Crippen LogP contribution in [0.4, 0.5) is 34.1 Å². The Morgan fingerprint density at radius 3 is 0.790 bits per heavy atom. The minimum absolute atomic E-state index is 0.100. The average molecular weight is 1830 g/mol. The van der Waals surface area contributed by atoms with Gasteiger partial charge in [-0.05, 0) is 293 Å². The van der Waals surface area contributed by atoms with Gasteiger partial charge in [0, 0.05) is 61.5 Å². The molecule has 14 aromatic rings. The number of nitrogens with zero attached hydrogens (tertiary/aromatic N) is 3. The van der Waals surface area contributed by atoms with E-state index < -0.39 is 0 Å². The van der Waals surface area contributed by atoms with Crippen LogP contribution in [-0.4, -0.2) is 11.3 Å². The SMILES string of the molecule is CC(C)(C)c1ccc(-c2cc(C(C)(C)C)cc(-c3cc(C(C)(C)C)cc(C(C)(C)C)c3)c2N2c3cc(-n4c5ccc(C(C)(C)C)cc5c5cc(C(C)(C)C)ccc54)ccc3B3c4ccc(-c5cc(C(C)(C)C)cc(C(C)(C)C)c5)cc4N(c4c(-c5ccc(C(C)(C)C)cc5)cc(C(C)(C)C)cc4-c4cc(C(C)(C)C)ccc4C(C)(C)C)c4cc(-c5cc(C(C)(C)C)cc(C(C)(C)C)c5)cc2c43)cc1. The van der Waals surface area contributed by atoms with Gasteiger partial charge in [-0.3, -0.25) is 0 Å². The molecule has 1 aromatic heterocycles. The Labute approximate surface area is 835 Å². The van der Waals surface area contributed by atoms with Crippen molar-refractivity contribution in [3.8, 4) is 72.4 Å². The maximum Gasteiger partial charge on any atom is 0.252 e. The molecule has 0 fully saturated rings. The predicted octanol–water partition coefficient (Wildman–Crippen LogP) is 37.0. The quantitative estimate of drug-likeness (QED) is 0.133. The van der Waals surface area contributed by atoms with Gasteiger partial charge in [-0.2, -0.15) is 0 Å². The fraction of sp³-hybridized carbons (Fsp3) is 0.418. The summed E-state index contributed by atoms with van der Waals surface area (Å²) in [6.45, 7) is 100. The van der Waals surface area contributed by atoms with E-state index >= 15 is 0 Å². The predicted molar refractivity (Wildman–Crippen MR) is 609 cm³/mol. The monoisotopic (exact) mass is 1830 g/mol. The second-order valence-electron chi connectivity index (χ2n) is 56.0. The molecule has 2 aliphatic heterocycles. The van der Waals surface area contributed by atoms with Crippen LogP contribution in [0, 0.1) is 0 Å². The molecule has 0 radical (unpaired) electrons. The molecule has 3 heterocycles. The van der Waals surface area contributed by atoms with E-state index in [1.807, 2.05) is 0 Å². The Morgan fingerprint density at radius 2 is 0.435 bits per heavy atom. The van der Waals surface area contributed by atoms with E-state index in [2.05, 4.69) is 536 Å².